The highest BCUT2D eigenvalue weighted by atomic mass is 16.6. The molecule has 3 nitrogen and oxygen atoms in total. The first-order chi connectivity index (χ1) is 8.67. The second-order valence-electron chi connectivity index (χ2n) is 4.38. The third-order valence-corrected chi connectivity index (χ3v) is 2.88. The minimum Gasteiger partial charge on any atom is -0.465 e. The molecule has 0 spiro atoms. The Labute approximate surface area is 106 Å². The maximum absolute atomic E-state index is 12.4. The van der Waals surface area contributed by atoms with E-state index in [0.717, 1.165) is 12.0 Å². The number of benzene rings is 1. The highest BCUT2D eigenvalue weighted by Crippen LogP contribution is 2.23. The first kappa shape index (κ1) is 12.7. The number of hydrogen-bond acceptors (Lipinski definition) is 3. The summed E-state index contributed by atoms with van der Waals surface area (Å²) in [7, 11) is 0. The Bertz CT molecular complexity index is 611. The maximum Gasteiger partial charge on any atom is 0.292 e. The quantitative estimate of drug-likeness (QED) is 0.829. The van der Waals surface area contributed by atoms with Crippen LogP contribution in [-0.2, 0) is 6.42 Å². The number of rotatable bonds is 4. The van der Waals surface area contributed by atoms with Gasteiger partial charge in [-0.15, -0.1) is 0 Å². The van der Waals surface area contributed by atoms with Crippen LogP contribution in [0.25, 0.3) is 11.0 Å². The van der Waals surface area contributed by atoms with Crippen molar-refractivity contribution in [3.63, 3.8) is 0 Å². The summed E-state index contributed by atoms with van der Waals surface area (Å²) in [5, 5.41) is 0.641. The summed E-state index contributed by atoms with van der Waals surface area (Å²) in [6.45, 7) is 6.39. The van der Waals surface area contributed by atoms with Gasteiger partial charge in [0.05, 0.1) is 17.6 Å². The Hall–Kier alpha value is -1.77. The van der Waals surface area contributed by atoms with Gasteiger partial charge in [0.15, 0.2) is 5.43 Å². The molecule has 0 saturated heterocycles. The van der Waals surface area contributed by atoms with Gasteiger partial charge in [-0.1, -0.05) is 25.0 Å². The van der Waals surface area contributed by atoms with Crippen LogP contribution in [0.15, 0.2) is 27.4 Å². The van der Waals surface area contributed by atoms with Crippen LogP contribution in [-0.4, -0.2) is 6.61 Å². The second kappa shape index (κ2) is 5.25. The van der Waals surface area contributed by atoms with Gasteiger partial charge in [-0.2, -0.15) is 0 Å². The molecular weight excluding hydrogens is 228 g/mol. The highest BCUT2D eigenvalue weighted by molar-refractivity contribution is 5.78. The molecule has 96 valence electrons. The van der Waals surface area contributed by atoms with Gasteiger partial charge in [-0.3, -0.25) is 4.79 Å². The lowest BCUT2D eigenvalue weighted by atomic mass is 10.1. The summed E-state index contributed by atoms with van der Waals surface area (Å²) in [6.07, 6.45) is 1.57. The van der Waals surface area contributed by atoms with Crippen molar-refractivity contribution in [3.8, 4) is 5.95 Å². The van der Waals surface area contributed by atoms with E-state index in [-0.39, 0.29) is 5.43 Å². The minimum atomic E-state index is 0.0326. The van der Waals surface area contributed by atoms with E-state index in [1.165, 1.54) is 0 Å². The molecule has 0 amide bonds. The van der Waals surface area contributed by atoms with Gasteiger partial charge in [0.2, 0.25) is 0 Å². The van der Waals surface area contributed by atoms with Crippen LogP contribution < -0.4 is 10.2 Å². The molecule has 0 unspecified atom stereocenters. The zero-order chi connectivity index (χ0) is 13.1. The van der Waals surface area contributed by atoms with Crippen LogP contribution in [0.5, 0.6) is 5.95 Å². The average molecular weight is 246 g/mol. The van der Waals surface area contributed by atoms with Crippen LogP contribution in [0.2, 0.25) is 0 Å². The van der Waals surface area contributed by atoms with Gasteiger partial charge in [0.25, 0.3) is 5.95 Å². The molecule has 0 aliphatic heterocycles. The molecule has 1 aromatic heterocycles. The summed E-state index contributed by atoms with van der Waals surface area (Å²) >= 11 is 0. The van der Waals surface area contributed by atoms with E-state index in [9.17, 15) is 4.79 Å². The topological polar surface area (TPSA) is 39.4 Å². The van der Waals surface area contributed by atoms with E-state index < -0.39 is 0 Å². The van der Waals surface area contributed by atoms with Gasteiger partial charge < -0.3 is 9.15 Å². The molecule has 18 heavy (non-hydrogen) atoms. The number of aryl methyl sites for hydroxylation is 1. The van der Waals surface area contributed by atoms with Crippen LogP contribution in [0.1, 0.15) is 31.4 Å². The Balaban J connectivity index is 2.72. The van der Waals surface area contributed by atoms with E-state index in [1.54, 1.807) is 0 Å². The Kier molecular flexibility index (Phi) is 3.70. The normalized spacial score (nSPS) is 10.8. The van der Waals surface area contributed by atoms with Crippen LogP contribution in [0.3, 0.4) is 0 Å². The highest BCUT2D eigenvalue weighted by Gasteiger charge is 2.14. The third-order valence-electron chi connectivity index (χ3n) is 2.88. The molecule has 1 heterocycles. The van der Waals surface area contributed by atoms with Gasteiger partial charge >= 0.3 is 0 Å². The molecule has 0 fully saturated rings. The summed E-state index contributed by atoms with van der Waals surface area (Å²) < 4.78 is 11.1. The fourth-order valence-corrected chi connectivity index (χ4v) is 2.04. The molecule has 0 radical (unpaired) electrons. The van der Waals surface area contributed by atoms with Crippen molar-refractivity contribution in [2.45, 2.75) is 33.6 Å². The van der Waals surface area contributed by atoms with Gasteiger partial charge in [-0.25, -0.2) is 0 Å². The Morgan fingerprint density at radius 3 is 2.72 bits per heavy atom. The van der Waals surface area contributed by atoms with Crippen molar-refractivity contribution < 1.29 is 9.15 Å². The van der Waals surface area contributed by atoms with Gasteiger partial charge in [0.1, 0.15) is 5.58 Å². The van der Waals surface area contributed by atoms with Crippen molar-refractivity contribution in [1.29, 1.82) is 0 Å². The number of fused-ring (bicyclic) bond motifs is 1. The monoisotopic (exact) mass is 246 g/mol. The van der Waals surface area contributed by atoms with E-state index in [1.807, 2.05) is 39.0 Å². The average Bonchev–Trinajstić information content (AvgIpc) is 2.35. The predicted molar refractivity (Wildman–Crippen MR) is 72.4 cm³/mol. The van der Waals surface area contributed by atoms with Crippen LogP contribution >= 0.6 is 0 Å². The summed E-state index contributed by atoms with van der Waals surface area (Å²) in [5.74, 6) is 0.376. The fraction of sp³-hybridized carbons (Fsp3) is 0.400. The van der Waals surface area contributed by atoms with Crippen LogP contribution in [0, 0.1) is 6.92 Å². The molecule has 0 bridgehead atoms. The van der Waals surface area contributed by atoms with E-state index in [2.05, 4.69) is 0 Å². The lowest BCUT2D eigenvalue weighted by Crippen LogP contribution is -2.12. The van der Waals surface area contributed by atoms with Crippen LogP contribution in [0.4, 0.5) is 0 Å². The second-order valence-corrected chi connectivity index (χ2v) is 4.38. The molecule has 0 saturated carbocycles. The third kappa shape index (κ3) is 2.26. The summed E-state index contributed by atoms with van der Waals surface area (Å²) in [4.78, 5) is 12.4. The SMILES string of the molecule is CCCc1c(OCC)oc2ccc(C)cc2c1=O. The summed E-state index contributed by atoms with van der Waals surface area (Å²) in [5.41, 5.74) is 2.33. The molecule has 0 atom stereocenters. The van der Waals surface area contributed by atoms with Crippen molar-refractivity contribution in [3.05, 3.63) is 39.5 Å². The zero-order valence-electron chi connectivity index (χ0n) is 11.1. The Morgan fingerprint density at radius 1 is 1.28 bits per heavy atom. The lowest BCUT2D eigenvalue weighted by molar-refractivity contribution is 0.256. The van der Waals surface area contributed by atoms with E-state index >= 15 is 0 Å². The molecule has 0 aliphatic rings. The maximum atomic E-state index is 12.4. The van der Waals surface area contributed by atoms with Crippen molar-refractivity contribution in [1.82, 2.24) is 0 Å². The molecular formula is C15H18O3. The van der Waals surface area contributed by atoms with Crippen molar-refractivity contribution in [2.75, 3.05) is 6.61 Å². The largest absolute Gasteiger partial charge is 0.465 e. The lowest BCUT2D eigenvalue weighted by Gasteiger charge is -2.09. The predicted octanol–water partition coefficient (Wildman–Crippen LogP) is 3.45. The zero-order valence-corrected chi connectivity index (χ0v) is 11.1. The smallest absolute Gasteiger partial charge is 0.292 e. The standard InChI is InChI=1S/C15H18O3/c1-4-6-11-14(16)12-9-10(3)7-8-13(12)18-15(11)17-5-2/h7-9H,4-6H2,1-3H3. The molecule has 3 heteroatoms. The number of hydrogen-bond donors (Lipinski definition) is 0. The molecule has 0 aliphatic carbocycles. The van der Waals surface area contributed by atoms with Gasteiger partial charge in [0, 0.05) is 0 Å². The fourth-order valence-electron chi connectivity index (χ4n) is 2.04. The molecule has 0 N–H and O–H groups in total. The Morgan fingerprint density at radius 2 is 2.06 bits per heavy atom. The van der Waals surface area contributed by atoms with E-state index in [4.69, 9.17) is 9.15 Å². The first-order valence-electron chi connectivity index (χ1n) is 6.36. The first-order valence-corrected chi connectivity index (χ1v) is 6.36. The molecule has 2 rings (SSSR count). The minimum absolute atomic E-state index is 0.0326. The summed E-state index contributed by atoms with van der Waals surface area (Å²) in [6, 6.07) is 5.63. The van der Waals surface area contributed by atoms with Crippen molar-refractivity contribution in [2.24, 2.45) is 0 Å². The van der Waals surface area contributed by atoms with Crippen molar-refractivity contribution >= 4 is 11.0 Å². The molecule has 2 aromatic rings. The van der Waals surface area contributed by atoms with E-state index in [0.29, 0.717) is 35.5 Å². The number of ether oxygens (including phenoxy) is 1. The van der Waals surface area contributed by atoms with Gasteiger partial charge in [-0.05, 0) is 32.4 Å². The molecule has 1 aromatic carbocycles.